The van der Waals surface area contributed by atoms with Crippen molar-refractivity contribution in [2.45, 2.75) is 39.0 Å². The van der Waals surface area contributed by atoms with Gasteiger partial charge >= 0.3 is 0 Å². The second-order valence-corrected chi connectivity index (χ2v) is 5.86. The van der Waals surface area contributed by atoms with Crippen molar-refractivity contribution in [3.8, 4) is 0 Å². The van der Waals surface area contributed by atoms with Crippen LogP contribution in [-0.2, 0) is 24.3 Å². The van der Waals surface area contributed by atoms with E-state index >= 15 is 0 Å². The van der Waals surface area contributed by atoms with Gasteiger partial charge in [-0.3, -0.25) is 9.36 Å². The maximum absolute atomic E-state index is 12.7. The summed E-state index contributed by atoms with van der Waals surface area (Å²) in [5.74, 6) is 0.0432. The molecule has 0 bridgehead atoms. The molecule has 1 aromatic heterocycles. The minimum absolute atomic E-state index is 0.0393. The number of aromatic nitrogens is 1. The first kappa shape index (κ1) is 14.4. The molecule has 3 rings (SSSR count). The van der Waals surface area contributed by atoms with Crippen molar-refractivity contribution < 1.29 is 9.84 Å². The topological polar surface area (TPSA) is 63.5 Å². The molecule has 5 nitrogen and oxygen atoms in total. The third-order valence-electron chi connectivity index (χ3n) is 4.43. The van der Waals surface area contributed by atoms with E-state index in [0.717, 1.165) is 41.9 Å². The van der Waals surface area contributed by atoms with Crippen LogP contribution in [0.1, 0.15) is 30.2 Å². The number of hydrogen-bond acceptors (Lipinski definition) is 4. The normalized spacial score (nSPS) is 21.4. The van der Waals surface area contributed by atoms with Crippen molar-refractivity contribution in [2.75, 3.05) is 19.0 Å². The monoisotopic (exact) mass is 290 g/mol. The summed E-state index contributed by atoms with van der Waals surface area (Å²) >= 11 is 0. The lowest BCUT2D eigenvalue weighted by molar-refractivity contribution is 0.119. The predicted molar refractivity (Wildman–Crippen MR) is 82.4 cm³/mol. The summed E-state index contributed by atoms with van der Waals surface area (Å²) in [7, 11) is 1.60. The van der Waals surface area contributed by atoms with Crippen molar-refractivity contribution in [1.82, 2.24) is 4.57 Å². The van der Waals surface area contributed by atoms with E-state index in [4.69, 9.17) is 4.74 Å². The third-order valence-corrected chi connectivity index (χ3v) is 4.43. The summed E-state index contributed by atoms with van der Waals surface area (Å²) < 4.78 is 6.94. The Hall–Kier alpha value is -1.59. The van der Waals surface area contributed by atoms with Crippen LogP contribution in [0.3, 0.4) is 0 Å². The van der Waals surface area contributed by atoms with Gasteiger partial charge in [0.25, 0.3) is 5.56 Å². The van der Waals surface area contributed by atoms with Gasteiger partial charge in [0.15, 0.2) is 0 Å². The highest BCUT2D eigenvalue weighted by atomic mass is 16.5. The standard InChI is InChI=1S/C16H22N2O3/c1-10(19)11-5-6-12-14(8-11)18(9-21-2)16(20)13-4-3-7-17-15(12)13/h5-6,10-11,17,19H,3-4,7-9H2,1-2H3. The van der Waals surface area contributed by atoms with Crippen LogP contribution in [0.15, 0.2) is 10.9 Å². The van der Waals surface area contributed by atoms with Gasteiger partial charge in [0.2, 0.25) is 0 Å². The van der Waals surface area contributed by atoms with Gasteiger partial charge in [0, 0.05) is 36.4 Å². The lowest BCUT2D eigenvalue weighted by atomic mass is 9.87. The Bertz CT molecular complexity index is 631. The van der Waals surface area contributed by atoms with E-state index < -0.39 is 6.10 Å². The number of methoxy groups -OCH3 is 1. The molecule has 5 heteroatoms. The zero-order chi connectivity index (χ0) is 15.0. The van der Waals surface area contributed by atoms with Crippen molar-refractivity contribution in [3.05, 3.63) is 33.3 Å². The van der Waals surface area contributed by atoms with Crippen LogP contribution >= 0.6 is 0 Å². The van der Waals surface area contributed by atoms with Gasteiger partial charge in [-0.05, 0) is 26.2 Å². The molecule has 0 saturated carbocycles. The van der Waals surface area contributed by atoms with Gasteiger partial charge in [-0.25, -0.2) is 0 Å². The van der Waals surface area contributed by atoms with E-state index in [9.17, 15) is 9.90 Å². The smallest absolute Gasteiger partial charge is 0.257 e. The summed E-state index contributed by atoms with van der Waals surface area (Å²) in [6.45, 7) is 2.95. The highest BCUT2D eigenvalue weighted by Gasteiger charge is 2.27. The quantitative estimate of drug-likeness (QED) is 0.883. The Morgan fingerprint density at radius 3 is 3.10 bits per heavy atom. The average Bonchev–Trinajstić information content (AvgIpc) is 2.51. The van der Waals surface area contributed by atoms with Gasteiger partial charge in [-0.1, -0.05) is 12.2 Å². The highest BCUT2D eigenvalue weighted by Crippen LogP contribution is 2.33. The molecule has 2 atom stereocenters. The molecule has 1 aliphatic heterocycles. The van der Waals surface area contributed by atoms with E-state index in [-0.39, 0.29) is 18.2 Å². The molecule has 2 unspecified atom stereocenters. The molecule has 1 aromatic rings. The van der Waals surface area contributed by atoms with Crippen LogP contribution in [0.4, 0.5) is 5.69 Å². The number of rotatable bonds is 3. The number of nitrogens with zero attached hydrogens (tertiary/aromatic N) is 1. The zero-order valence-corrected chi connectivity index (χ0v) is 12.6. The predicted octanol–water partition coefficient (Wildman–Crippen LogP) is 1.38. The molecule has 0 spiro atoms. The van der Waals surface area contributed by atoms with E-state index in [1.165, 1.54) is 0 Å². The summed E-state index contributed by atoms with van der Waals surface area (Å²) in [6, 6.07) is 0. The molecule has 2 heterocycles. The number of nitrogens with one attached hydrogen (secondary N) is 1. The van der Waals surface area contributed by atoms with Crippen LogP contribution in [0.2, 0.25) is 0 Å². The molecular weight excluding hydrogens is 268 g/mol. The summed E-state index contributed by atoms with van der Waals surface area (Å²) in [6.07, 6.45) is 6.12. The first-order valence-corrected chi connectivity index (χ1v) is 7.51. The van der Waals surface area contributed by atoms with Crippen LogP contribution in [0.25, 0.3) is 6.08 Å². The number of anilines is 1. The SMILES string of the molecule is COCn1c2c(c3c(c1=O)CCCN3)C=CC(C(C)O)C2. The molecule has 0 amide bonds. The van der Waals surface area contributed by atoms with Crippen LogP contribution in [0.5, 0.6) is 0 Å². The first-order valence-electron chi connectivity index (χ1n) is 7.51. The Morgan fingerprint density at radius 2 is 2.38 bits per heavy atom. The number of hydrogen-bond donors (Lipinski definition) is 2. The van der Waals surface area contributed by atoms with Gasteiger partial charge in [-0.15, -0.1) is 0 Å². The second kappa shape index (κ2) is 5.66. The fourth-order valence-corrected chi connectivity index (χ4v) is 3.26. The van der Waals surface area contributed by atoms with Crippen molar-refractivity contribution in [1.29, 1.82) is 0 Å². The Labute approximate surface area is 124 Å². The largest absolute Gasteiger partial charge is 0.393 e. The molecule has 21 heavy (non-hydrogen) atoms. The molecule has 2 N–H and O–H groups in total. The van der Waals surface area contributed by atoms with Gasteiger partial charge in [-0.2, -0.15) is 0 Å². The molecule has 1 aliphatic carbocycles. The Morgan fingerprint density at radius 1 is 1.57 bits per heavy atom. The van der Waals surface area contributed by atoms with E-state index in [0.29, 0.717) is 6.42 Å². The third kappa shape index (κ3) is 2.40. The number of ether oxygens (including phenoxy) is 1. The number of fused-ring (bicyclic) bond motifs is 3. The fraction of sp³-hybridized carbons (Fsp3) is 0.562. The maximum atomic E-state index is 12.7. The van der Waals surface area contributed by atoms with Crippen LogP contribution in [0, 0.1) is 5.92 Å². The highest BCUT2D eigenvalue weighted by molar-refractivity contribution is 5.73. The summed E-state index contributed by atoms with van der Waals surface area (Å²) in [5, 5.41) is 13.2. The first-order chi connectivity index (χ1) is 10.1. The Kier molecular flexibility index (Phi) is 3.87. The van der Waals surface area contributed by atoms with Crippen molar-refractivity contribution in [2.24, 2.45) is 5.92 Å². The molecule has 2 aliphatic rings. The fourth-order valence-electron chi connectivity index (χ4n) is 3.26. The van der Waals surface area contributed by atoms with Crippen molar-refractivity contribution >= 4 is 11.8 Å². The van der Waals surface area contributed by atoms with Gasteiger partial charge < -0.3 is 15.2 Å². The number of aliphatic hydroxyl groups is 1. The lowest BCUT2D eigenvalue weighted by Gasteiger charge is -2.29. The average molecular weight is 290 g/mol. The van der Waals surface area contributed by atoms with Gasteiger partial charge in [0.05, 0.1) is 11.8 Å². The van der Waals surface area contributed by atoms with E-state index in [1.807, 2.05) is 12.2 Å². The summed E-state index contributed by atoms with van der Waals surface area (Å²) in [4.78, 5) is 12.7. The van der Waals surface area contributed by atoms with E-state index in [1.54, 1.807) is 18.6 Å². The molecule has 0 aromatic carbocycles. The Balaban J connectivity index is 2.19. The summed E-state index contributed by atoms with van der Waals surface area (Å²) in [5.41, 5.74) is 3.92. The molecule has 114 valence electrons. The zero-order valence-electron chi connectivity index (χ0n) is 12.6. The van der Waals surface area contributed by atoms with E-state index in [2.05, 4.69) is 5.32 Å². The second-order valence-electron chi connectivity index (χ2n) is 5.86. The van der Waals surface area contributed by atoms with Crippen molar-refractivity contribution in [3.63, 3.8) is 0 Å². The molecule has 0 radical (unpaired) electrons. The minimum atomic E-state index is -0.426. The van der Waals surface area contributed by atoms with Crippen LogP contribution in [-0.4, -0.2) is 29.4 Å². The maximum Gasteiger partial charge on any atom is 0.257 e. The number of pyridine rings is 1. The van der Waals surface area contributed by atoms with Crippen LogP contribution < -0.4 is 10.9 Å². The molecule has 0 fully saturated rings. The molecule has 0 saturated heterocycles. The minimum Gasteiger partial charge on any atom is -0.393 e. The van der Waals surface area contributed by atoms with Gasteiger partial charge in [0.1, 0.15) is 6.73 Å². The molecular formula is C16H22N2O3. The lowest BCUT2D eigenvalue weighted by Crippen LogP contribution is -2.35. The number of aliphatic hydroxyl groups excluding tert-OH is 1.